The molecular weight excluding hydrogens is 487 g/mol. The highest BCUT2D eigenvalue weighted by Crippen LogP contribution is 2.44. The number of hydrogen-bond donors (Lipinski definition) is 4. The molecule has 2 unspecified atom stereocenters. The van der Waals surface area contributed by atoms with Crippen LogP contribution in [0.2, 0.25) is 0 Å². The molecule has 13 heteroatoms. The van der Waals surface area contributed by atoms with Crippen molar-refractivity contribution in [1.29, 1.82) is 0 Å². The fraction of sp³-hybridized carbons (Fsp3) is 0.318. The molecule has 186 valence electrons. The lowest BCUT2D eigenvalue weighted by Gasteiger charge is -2.42. The number of nitrogens with one attached hydrogen (secondary N) is 2. The van der Waals surface area contributed by atoms with Crippen LogP contribution < -0.4 is 21.3 Å². The SMILES string of the molecule is COC(C)(CC1(Nc2nc3ccc(C(F)(F)F)cc3s2)Nc2cc(C(=O)O)ccc2N1C)C(N)=O. The summed E-state index contributed by atoms with van der Waals surface area (Å²) in [5, 5.41) is 16.1. The Kier molecular flexibility index (Phi) is 5.80. The second-order valence-electron chi connectivity index (χ2n) is 8.38. The van der Waals surface area contributed by atoms with Crippen molar-refractivity contribution in [3.8, 4) is 0 Å². The van der Waals surface area contributed by atoms with Crippen molar-refractivity contribution in [3.63, 3.8) is 0 Å². The molecule has 2 heterocycles. The van der Waals surface area contributed by atoms with Crippen molar-refractivity contribution in [1.82, 2.24) is 4.98 Å². The summed E-state index contributed by atoms with van der Waals surface area (Å²) in [5.74, 6) is -3.15. The summed E-state index contributed by atoms with van der Waals surface area (Å²) in [6.45, 7) is 1.51. The third kappa shape index (κ3) is 4.32. The monoisotopic (exact) mass is 509 g/mol. The van der Waals surface area contributed by atoms with Gasteiger partial charge in [-0.25, -0.2) is 9.78 Å². The van der Waals surface area contributed by atoms with Gasteiger partial charge in [0, 0.05) is 20.6 Å². The van der Waals surface area contributed by atoms with Crippen LogP contribution >= 0.6 is 11.3 Å². The molecule has 5 N–H and O–H groups in total. The summed E-state index contributed by atoms with van der Waals surface area (Å²) in [7, 11) is 3.04. The van der Waals surface area contributed by atoms with Gasteiger partial charge in [-0.05, 0) is 43.3 Å². The Bertz CT molecular complexity index is 1330. The number of carbonyl (C=O) groups excluding carboxylic acids is 1. The number of fused-ring (bicyclic) bond motifs is 2. The minimum atomic E-state index is -4.49. The van der Waals surface area contributed by atoms with Crippen LogP contribution in [0.1, 0.15) is 29.3 Å². The highest BCUT2D eigenvalue weighted by molar-refractivity contribution is 7.22. The van der Waals surface area contributed by atoms with E-state index in [4.69, 9.17) is 10.5 Å². The number of hydrogen-bond acceptors (Lipinski definition) is 8. The van der Waals surface area contributed by atoms with Gasteiger partial charge >= 0.3 is 12.1 Å². The zero-order chi connectivity index (χ0) is 25.8. The molecule has 1 aliphatic heterocycles. The lowest BCUT2D eigenvalue weighted by atomic mass is 9.95. The molecule has 1 amide bonds. The lowest BCUT2D eigenvalue weighted by molar-refractivity contribution is -0.140. The predicted molar refractivity (Wildman–Crippen MR) is 126 cm³/mol. The Morgan fingerprint density at radius 1 is 1.29 bits per heavy atom. The molecule has 1 aliphatic rings. The fourth-order valence-electron chi connectivity index (χ4n) is 3.98. The number of amides is 1. The number of rotatable bonds is 7. The van der Waals surface area contributed by atoms with E-state index in [2.05, 4.69) is 15.6 Å². The first-order chi connectivity index (χ1) is 16.3. The number of carbonyl (C=O) groups is 2. The molecule has 2 aromatic carbocycles. The molecule has 0 saturated carbocycles. The van der Waals surface area contributed by atoms with Crippen LogP contribution in [-0.4, -0.2) is 47.5 Å². The standard InChI is InChI=1S/C22H22F3N5O4S/c1-20(34-3,18(26)33)10-21(28-14-8-11(17(31)32)4-7-15(14)30(21)2)29-19-27-13-6-5-12(22(23,24)25)9-16(13)35-19/h4-9,28H,10H2,1-3H3,(H2,26,33)(H,27,29)(H,31,32). The summed E-state index contributed by atoms with van der Waals surface area (Å²) in [6, 6.07) is 7.76. The van der Waals surface area contributed by atoms with Crippen LogP contribution in [0, 0.1) is 0 Å². The number of aromatic carboxylic acids is 1. The smallest absolute Gasteiger partial charge is 0.416 e. The van der Waals surface area contributed by atoms with Crippen LogP contribution in [0.3, 0.4) is 0 Å². The molecule has 0 spiro atoms. The Labute approximate surface area is 201 Å². The largest absolute Gasteiger partial charge is 0.478 e. The van der Waals surface area contributed by atoms with E-state index in [-0.39, 0.29) is 17.1 Å². The molecule has 9 nitrogen and oxygen atoms in total. The first-order valence-electron chi connectivity index (χ1n) is 10.3. The van der Waals surface area contributed by atoms with Gasteiger partial charge in [-0.2, -0.15) is 13.2 Å². The molecule has 0 aliphatic carbocycles. The minimum absolute atomic E-state index is 0.0459. The predicted octanol–water partition coefficient (Wildman–Crippen LogP) is 3.92. The number of alkyl halides is 3. The second kappa shape index (κ2) is 8.27. The number of anilines is 3. The highest BCUT2D eigenvalue weighted by Gasteiger charge is 2.50. The zero-order valence-electron chi connectivity index (χ0n) is 18.9. The number of aromatic nitrogens is 1. The van der Waals surface area contributed by atoms with Gasteiger partial charge in [-0.1, -0.05) is 11.3 Å². The van der Waals surface area contributed by atoms with E-state index in [1.807, 2.05) is 0 Å². The van der Waals surface area contributed by atoms with Crippen molar-refractivity contribution >= 4 is 49.9 Å². The first kappa shape index (κ1) is 24.5. The van der Waals surface area contributed by atoms with Crippen molar-refractivity contribution in [2.75, 3.05) is 29.7 Å². The zero-order valence-corrected chi connectivity index (χ0v) is 19.7. The van der Waals surface area contributed by atoms with E-state index in [0.717, 1.165) is 23.5 Å². The molecule has 0 saturated heterocycles. The van der Waals surface area contributed by atoms with Gasteiger partial charge in [0.1, 0.15) is 5.60 Å². The number of thiazole rings is 1. The van der Waals surface area contributed by atoms with E-state index in [1.54, 1.807) is 18.0 Å². The third-order valence-corrected chi connectivity index (χ3v) is 7.05. The maximum atomic E-state index is 13.2. The number of carboxylic acid groups (broad SMARTS) is 1. The Balaban J connectivity index is 1.78. The number of ether oxygens (including phenoxy) is 1. The number of methoxy groups -OCH3 is 1. The van der Waals surface area contributed by atoms with E-state index in [0.29, 0.717) is 21.6 Å². The maximum absolute atomic E-state index is 13.2. The van der Waals surface area contributed by atoms with Crippen LogP contribution in [0.4, 0.5) is 29.7 Å². The maximum Gasteiger partial charge on any atom is 0.416 e. The summed E-state index contributed by atoms with van der Waals surface area (Å²) in [6.07, 6.45) is -4.56. The average Bonchev–Trinajstić information content (AvgIpc) is 3.29. The minimum Gasteiger partial charge on any atom is -0.478 e. The summed E-state index contributed by atoms with van der Waals surface area (Å²) in [5.41, 5.74) is 4.83. The summed E-state index contributed by atoms with van der Waals surface area (Å²) < 4.78 is 45.2. The quantitative estimate of drug-likeness (QED) is 0.377. The molecule has 4 rings (SSSR count). The van der Waals surface area contributed by atoms with Gasteiger partial charge in [0.05, 0.1) is 32.7 Å². The fourth-order valence-corrected chi connectivity index (χ4v) is 4.95. The molecular formula is C22H22F3N5O4S. The third-order valence-electron chi connectivity index (χ3n) is 6.11. The topological polar surface area (TPSA) is 130 Å². The van der Waals surface area contributed by atoms with Gasteiger partial charge in [0.2, 0.25) is 5.91 Å². The molecule has 0 radical (unpaired) electrons. The van der Waals surface area contributed by atoms with Crippen molar-refractivity contribution in [2.45, 2.75) is 30.9 Å². The first-order valence-corrected chi connectivity index (χ1v) is 11.1. The number of primary amides is 1. The van der Waals surface area contributed by atoms with Crippen LogP contribution in [0.25, 0.3) is 10.2 Å². The summed E-state index contributed by atoms with van der Waals surface area (Å²) >= 11 is 1.00. The summed E-state index contributed by atoms with van der Waals surface area (Å²) in [4.78, 5) is 29.9. The second-order valence-corrected chi connectivity index (χ2v) is 9.41. The van der Waals surface area contributed by atoms with Crippen LogP contribution in [0.5, 0.6) is 0 Å². The van der Waals surface area contributed by atoms with E-state index in [9.17, 15) is 27.9 Å². The molecule has 0 bridgehead atoms. The van der Waals surface area contributed by atoms with E-state index in [1.165, 1.54) is 32.2 Å². The number of benzene rings is 2. The van der Waals surface area contributed by atoms with Crippen molar-refractivity contribution in [2.24, 2.45) is 5.73 Å². The molecule has 1 aromatic heterocycles. The van der Waals surface area contributed by atoms with Gasteiger partial charge in [-0.3, -0.25) is 4.79 Å². The van der Waals surface area contributed by atoms with Crippen LogP contribution in [0.15, 0.2) is 36.4 Å². The van der Waals surface area contributed by atoms with Crippen molar-refractivity contribution < 1.29 is 32.6 Å². The number of nitrogens with two attached hydrogens (primary N) is 1. The normalized spacial score (nSPS) is 19.2. The number of nitrogens with zero attached hydrogens (tertiary/aromatic N) is 2. The highest BCUT2D eigenvalue weighted by atomic mass is 32.1. The van der Waals surface area contributed by atoms with E-state index >= 15 is 0 Å². The molecule has 0 fully saturated rings. The average molecular weight is 510 g/mol. The molecule has 3 aromatic rings. The molecule has 2 atom stereocenters. The Morgan fingerprint density at radius 3 is 2.60 bits per heavy atom. The van der Waals surface area contributed by atoms with Gasteiger partial charge in [0.15, 0.2) is 10.9 Å². The number of carboxylic acids is 1. The number of halogens is 3. The Hall–Kier alpha value is -3.58. The van der Waals surface area contributed by atoms with Gasteiger partial charge < -0.3 is 31.1 Å². The van der Waals surface area contributed by atoms with Gasteiger partial charge in [-0.15, -0.1) is 0 Å². The van der Waals surface area contributed by atoms with E-state index < -0.39 is 35.0 Å². The van der Waals surface area contributed by atoms with Crippen LogP contribution in [-0.2, 0) is 15.7 Å². The molecule has 35 heavy (non-hydrogen) atoms. The van der Waals surface area contributed by atoms with Crippen molar-refractivity contribution in [3.05, 3.63) is 47.5 Å². The lowest BCUT2D eigenvalue weighted by Crippen LogP contribution is -2.61. The van der Waals surface area contributed by atoms with Gasteiger partial charge in [0.25, 0.3) is 0 Å². The Morgan fingerprint density at radius 2 is 2.00 bits per heavy atom.